The van der Waals surface area contributed by atoms with Gasteiger partial charge in [-0.2, -0.15) is 0 Å². The SMILES string of the molecule is Cc1nc(NCCc2ccc(Cl)cc2)cc(C(=O)N(C)Cc2ccccc2)n1. The van der Waals surface area contributed by atoms with E-state index in [0.717, 1.165) is 17.0 Å². The van der Waals surface area contributed by atoms with Crippen molar-refractivity contribution in [2.24, 2.45) is 0 Å². The van der Waals surface area contributed by atoms with E-state index < -0.39 is 0 Å². The zero-order valence-electron chi connectivity index (χ0n) is 16.0. The molecule has 0 aliphatic heterocycles. The maximum atomic E-state index is 12.8. The number of benzene rings is 2. The molecule has 3 rings (SSSR count). The van der Waals surface area contributed by atoms with Gasteiger partial charge in [0.2, 0.25) is 0 Å². The molecule has 0 saturated carbocycles. The molecule has 0 bridgehead atoms. The first kappa shape index (κ1) is 19.8. The molecular weight excluding hydrogens is 372 g/mol. The van der Waals surface area contributed by atoms with Gasteiger partial charge in [0.1, 0.15) is 17.3 Å². The Balaban J connectivity index is 1.63. The maximum absolute atomic E-state index is 12.8. The summed E-state index contributed by atoms with van der Waals surface area (Å²) in [4.78, 5) is 23.1. The van der Waals surface area contributed by atoms with Crippen molar-refractivity contribution in [2.75, 3.05) is 18.9 Å². The number of nitrogens with zero attached hydrogens (tertiary/aromatic N) is 3. The minimum atomic E-state index is -0.130. The Morgan fingerprint density at radius 3 is 2.46 bits per heavy atom. The molecule has 5 nitrogen and oxygen atoms in total. The van der Waals surface area contributed by atoms with E-state index >= 15 is 0 Å². The zero-order valence-corrected chi connectivity index (χ0v) is 16.8. The summed E-state index contributed by atoms with van der Waals surface area (Å²) in [6, 6.07) is 19.4. The fraction of sp³-hybridized carbons (Fsp3) is 0.227. The number of halogens is 1. The highest BCUT2D eigenvalue weighted by atomic mass is 35.5. The Kier molecular flexibility index (Phi) is 6.61. The molecule has 28 heavy (non-hydrogen) atoms. The van der Waals surface area contributed by atoms with Crippen LogP contribution < -0.4 is 5.32 Å². The van der Waals surface area contributed by atoms with Crippen molar-refractivity contribution in [3.63, 3.8) is 0 Å². The molecule has 0 radical (unpaired) electrons. The van der Waals surface area contributed by atoms with Gasteiger partial charge in [0.15, 0.2) is 0 Å². The van der Waals surface area contributed by atoms with Crippen molar-refractivity contribution in [1.82, 2.24) is 14.9 Å². The molecule has 0 atom stereocenters. The number of carbonyl (C=O) groups is 1. The molecule has 0 unspecified atom stereocenters. The lowest BCUT2D eigenvalue weighted by Gasteiger charge is -2.17. The minimum Gasteiger partial charge on any atom is -0.370 e. The number of aryl methyl sites for hydroxylation is 1. The number of hydrogen-bond donors (Lipinski definition) is 1. The van der Waals surface area contributed by atoms with Crippen molar-refractivity contribution >= 4 is 23.3 Å². The topological polar surface area (TPSA) is 58.1 Å². The van der Waals surface area contributed by atoms with E-state index in [2.05, 4.69) is 15.3 Å². The molecular formula is C22H23ClN4O. The third kappa shape index (κ3) is 5.54. The van der Waals surface area contributed by atoms with E-state index in [1.807, 2.05) is 54.6 Å². The second-order valence-corrected chi connectivity index (χ2v) is 7.07. The standard InChI is InChI=1S/C22H23ClN4O/c1-16-25-20(22(28)27(2)15-18-6-4-3-5-7-18)14-21(26-16)24-13-12-17-8-10-19(23)11-9-17/h3-11,14H,12-13,15H2,1-2H3,(H,24,25,26). The molecule has 0 aliphatic rings. The molecule has 0 aliphatic carbocycles. The van der Waals surface area contributed by atoms with Gasteiger partial charge in [-0.3, -0.25) is 4.79 Å². The average Bonchev–Trinajstić information content (AvgIpc) is 2.69. The van der Waals surface area contributed by atoms with E-state index in [4.69, 9.17) is 11.6 Å². The number of rotatable bonds is 7. The number of hydrogen-bond acceptors (Lipinski definition) is 4. The third-order valence-corrected chi connectivity index (χ3v) is 4.55. The maximum Gasteiger partial charge on any atom is 0.272 e. The largest absolute Gasteiger partial charge is 0.370 e. The van der Waals surface area contributed by atoms with Gasteiger partial charge in [-0.15, -0.1) is 0 Å². The summed E-state index contributed by atoms with van der Waals surface area (Å²) < 4.78 is 0. The number of carbonyl (C=O) groups excluding carboxylic acids is 1. The number of nitrogens with one attached hydrogen (secondary N) is 1. The van der Waals surface area contributed by atoms with Gasteiger partial charge in [-0.25, -0.2) is 9.97 Å². The third-order valence-electron chi connectivity index (χ3n) is 4.30. The highest BCUT2D eigenvalue weighted by molar-refractivity contribution is 6.30. The molecule has 3 aromatic rings. The van der Waals surface area contributed by atoms with E-state index in [1.165, 1.54) is 5.56 Å². The zero-order chi connectivity index (χ0) is 19.9. The lowest BCUT2D eigenvalue weighted by Crippen LogP contribution is -2.27. The first-order chi connectivity index (χ1) is 13.5. The molecule has 0 fully saturated rings. The molecule has 1 heterocycles. The fourth-order valence-corrected chi connectivity index (χ4v) is 3.00. The van der Waals surface area contributed by atoms with Crippen LogP contribution in [0.2, 0.25) is 5.02 Å². The van der Waals surface area contributed by atoms with Crippen LogP contribution in [-0.4, -0.2) is 34.4 Å². The number of amides is 1. The second-order valence-electron chi connectivity index (χ2n) is 6.64. The van der Waals surface area contributed by atoms with Gasteiger partial charge in [0.25, 0.3) is 5.91 Å². The number of anilines is 1. The summed E-state index contributed by atoms with van der Waals surface area (Å²) in [5, 5.41) is 4.01. The van der Waals surface area contributed by atoms with Crippen LogP contribution in [0.3, 0.4) is 0 Å². The van der Waals surface area contributed by atoms with Crippen LogP contribution >= 0.6 is 11.6 Å². The number of aromatic nitrogens is 2. The smallest absolute Gasteiger partial charge is 0.272 e. The summed E-state index contributed by atoms with van der Waals surface area (Å²) in [6.45, 7) is 3.02. The molecule has 0 saturated heterocycles. The van der Waals surface area contributed by atoms with E-state index in [9.17, 15) is 4.79 Å². The van der Waals surface area contributed by atoms with Crippen molar-refractivity contribution in [3.05, 3.63) is 88.3 Å². The summed E-state index contributed by atoms with van der Waals surface area (Å²) in [5.41, 5.74) is 2.65. The lowest BCUT2D eigenvalue weighted by atomic mass is 10.1. The summed E-state index contributed by atoms with van der Waals surface area (Å²) >= 11 is 5.91. The predicted octanol–water partition coefficient (Wildman–Crippen LogP) is 4.37. The van der Waals surface area contributed by atoms with Crippen LogP contribution in [0.1, 0.15) is 27.4 Å². The van der Waals surface area contributed by atoms with Crippen LogP contribution in [0.25, 0.3) is 0 Å². The summed E-state index contributed by atoms with van der Waals surface area (Å²) in [7, 11) is 1.78. The molecule has 1 N–H and O–H groups in total. The van der Waals surface area contributed by atoms with Gasteiger partial charge in [-0.1, -0.05) is 54.1 Å². The Bertz CT molecular complexity index is 929. The Labute approximate surface area is 170 Å². The van der Waals surface area contributed by atoms with Crippen LogP contribution in [-0.2, 0) is 13.0 Å². The van der Waals surface area contributed by atoms with Gasteiger partial charge in [0, 0.05) is 31.2 Å². The quantitative estimate of drug-likeness (QED) is 0.646. The predicted molar refractivity (Wildman–Crippen MR) is 113 cm³/mol. The first-order valence-corrected chi connectivity index (χ1v) is 9.52. The molecule has 0 spiro atoms. The van der Waals surface area contributed by atoms with Crippen molar-refractivity contribution < 1.29 is 4.79 Å². The van der Waals surface area contributed by atoms with E-state index in [-0.39, 0.29) is 5.91 Å². The molecule has 2 aromatic carbocycles. The summed E-state index contributed by atoms with van der Waals surface area (Å²) in [6.07, 6.45) is 0.831. The Hall–Kier alpha value is -2.92. The second kappa shape index (κ2) is 9.33. The van der Waals surface area contributed by atoms with Gasteiger partial charge in [0.05, 0.1) is 0 Å². The van der Waals surface area contributed by atoms with E-state index in [1.54, 1.807) is 24.9 Å². The van der Waals surface area contributed by atoms with Crippen molar-refractivity contribution in [3.8, 4) is 0 Å². The van der Waals surface area contributed by atoms with Gasteiger partial charge < -0.3 is 10.2 Å². The Morgan fingerprint density at radius 2 is 1.75 bits per heavy atom. The van der Waals surface area contributed by atoms with Gasteiger partial charge in [-0.05, 0) is 36.6 Å². The molecule has 1 aromatic heterocycles. The van der Waals surface area contributed by atoms with Crippen LogP contribution in [0, 0.1) is 6.92 Å². The van der Waals surface area contributed by atoms with Crippen LogP contribution in [0.15, 0.2) is 60.7 Å². The average molecular weight is 395 g/mol. The highest BCUT2D eigenvalue weighted by Crippen LogP contribution is 2.13. The molecule has 6 heteroatoms. The monoisotopic (exact) mass is 394 g/mol. The first-order valence-electron chi connectivity index (χ1n) is 9.14. The molecule has 144 valence electrons. The van der Waals surface area contributed by atoms with Crippen molar-refractivity contribution in [1.29, 1.82) is 0 Å². The van der Waals surface area contributed by atoms with E-state index in [0.29, 0.717) is 30.4 Å². The fourth-order valence-electron chi connectivity index (χ4n) is 2.88. The highest BCUT2D eigenvalue weighted by Gasteiger charge is 2.15. The summed E-state index contributed by atoms with van der Waals surface area (Å²) in [5.74, 6) is 1.08. The van der Waals surface area contributed by atoms with Crippen LogP contribution in [0.5, 0.6) is 0 Å². The molecule has 1 amide bonds. The van der Waals surface area contributed by atoms with Gasteiger partial charge >= 0.3 is 0 Å². The minimum absolute atomic E-state index is 0.130. The Morgan fingerprint density at radius 1 is 1.04 bits per heavy atom. The normalized spacial score (nSPS) is 10.5. The van der Waals surface area contributed by atoms with Crippen LogP contribution in [0.4, 0.5) is 5.82 Å². The van der Waals surface area contributed by atoms with Crippen molar-refractivity contribution in [2.45, 2.75) is 19.9 Å². The lowest BCUT2D eigenvalue weighted by molar-refractivity contribution is 0.0779.